The normalized spacial score (nSPS) is 11.6. The molecule has 1 aromatic rings. The maximum absolute atomic E-state index is 6.16. The summed E-state index contributed by atoms with van der Waals surface area (Å²) in [5.41, 5.74) is 6.59. The van der Waals surface area contributed by atoms with E-state index in [0.717, 1.165) is 12.8 Å². The van der Waals surface area contributed by atoms with E-state index in [1.807, 2.05) is 0 Å². The van der Waals surface area contributed by atoms with Gasteiger partial charge in [0.2, 0.25) is 0 Å². The molecule has 0 saturated heterocycles. The van der Waals surface area contributed by atoms with Gasteiger partial charge in [-0.1, -0.05) is 37.0 Å². The van der Waals surface area contributed by atoms with E-state index in [1.165, 1.54) is 0 Å². The van der Waals surface area contributed by atoms with Crippen molar-refractivity contribution in [3.05, 3.63) is 16.4 Å². The highest BCUT2D eigenvalue weighted by molar-refractivity contribution is 6.33. The maximum Gasteiger partial charge on any atom is 0.174 e. The number of nitrogens with two attached hydrogens (primary N) is 1. The standard InChI is InChI=1S/C10H16Cl2N4/c1-3-10(13,4-2)6-14-7-5-8(11)15-16-9(7)12/h5H,3-4,6,13H2,1-2H3,(H,14,15). The SMILES string of the molecule is CCC(N)(CC)CNc1cc(Cl)nnc1Cl. The van der Waals surface area contributed by atoms with Crippen molar-refractivity contribution in [1.29, 1.82) is 0 Å². The lowest BCUT2D eigenvalue weighted by molar-refractivity contribution is 0.418. The Hall–Kier alpha value is -0.580. The number of nitrogens with zero attached hydrogens (tertiary/aromatic N) is 2. The number of rotatable bonds is 5. The number of halogens is 2. The third kappa shape index (κ3) is 3.47. The molecule has 0 spiro atoms. The molecule has 0 aliphatic heterocycles. The Morgan fingerprint density at radius 3 is 2.50 bits per heavy atom. The van der Waals surface area contributed by atoms with Crippen LogP contribution in [-0.2, 0) is 0 Å². The van der Waals surface area contributed by atoms with Crippen LogP contribution >= 0.6 is 23.2 Å². The van der Waals surface area contributed by atoms with Crippen molar-refractivity contribution in [1.82, 2.24) is 10.2 Å². The van der Waals surface area contributed by atoms with Gasteiger partial charge in [-0.15, -0.1) is 10.2 Å². The molecule has 0 saturated carbocycles. The smallest absolute Gasteiger partial charge is 0.174 e. The first-order valence-electron chi connectivity index (χ1n) is 5.22. The van der Waals surface area contributed by atoms with Crippen molar-refractivity contribution < 1.29 is 0 Å². The summed E-state index contributed by atoms with van der Waals surface area (Å²) >= 11 is 11.6. The van der Waals surface area contributed by atoms with Crippen molar-refractivity contribution in [2.45, 2.75) is 32.2 Å². The summed E-state index contributed by atoms with van der Waals surface area (Å²) in [6.45, 7) is 4.75. The molecule has 0 aliphatic rings. The van der Waals surface area contributed by atoms with Gasteiger partial charge in [0.25, 0.3) is 0 Å². The molecule has 0 amide bonds. The van der Waals surface area contributed by atoms with Gasteiger partial charge < -0.3 is 11.1 Å². The van der Waals surface area contributed by atoms with Crippen LogP contribution in [0.5, 0.6) is 0 Å². The molecule has 0 bridgehead atoms. The van der Waals surface area contributed by atoms with Crippen LogP contribution < -0.4 is 11.1 Å². The Balaban J connectivity index is 2.70. The monoisotopic (exact) mass is 262 g/mol. The number of aromatic nitrogens is 2. The van der Waals surface area contributed by atoms with Gasteiger partial charge in [0.05, 0.1) is 5.69 Å². The van der Waals surface area contributed by atoms with Gasteiger partial charge in [-0.25, -0.2) is 0 Å². The zero-order valence-corrected chi connectivity index (χ0v) is 10.9. The van der Waals surface area contributed by atoms with Gasteiger partial charge >= 0.3 is 0 Å². The fraction of sp³-hybridized carbons (Fsp3) is 0.600. The lowest BCUT2D eigenvalue weighted by Gasteiger charge is -2.27. The molecule has 3 N–H and O–H groups in total. The van der Waals surface area contributed by atoms with Crippen molar-refractivity contribution in [2.75, 3.05) is 11.9 Å². The highest BCUT2D eigenvalue weighted by Crippen LogP contribution is 2.22. The molecule has 4 nitrogen and oxygen atoms in total. The molecular weight excluding hydrogens is 247 g/mol. The largest absolute Gasteiger partial charge is 0.381 e. The summed E-state index contributed by atoms with van der Waals surface area (Å²) in [6, 6.07) is 1.64. The Morgan fingerprint density at radius 1 is 1.31 bits per heavy atom. The van der Waals surface area contributed by atoms with Gasteiger partial charge in [0, 0.05) is 18.2 Å². The fourth-order valence-electron chi connectivity index (χ4n) is 1.25. The lowest BCUT2D eigenvalue weighted by atomic mass is 9.94. The fourth-order valence-corrected chi connectivity index (χ4v) is 1.55. The van der Waals surface area contributed by atoms with Crippen LogP contribution in [0.3, 0.4) is 0 Å². The first kappa shape index (κ1) is 13.5. The number of hydrogen-bond acceptors (Lipinski definition) is 4. The Kier molecular flexibility index (Phi) is 4.77. The highest BCUT2D eigenvalue weighted by Gasteiger charge is 2.20. The molecule has 0 atom stereocenters. The Bertz CT molecular complexity index is 353. The van der Waals surface area contributed by atoms with Crippen LogP contribution in [0.2, 0.25) is 10.3 Å². The molecule has 16 heavy (non-hydrogen) atoms. The summed E-state index contributed by atoms with van der Waals surface area (Å²) in [4.78, 5) is 0. The molecule has 1 rings (SSSR count). The van der Waals surface area contributed by atoms with E-state index in [2.05, 4.69) is 29.4 Å². The van der Waals surface area contributed by atoms with Crippen LogP contribution in [0, 0.1) is 0 Å². The van der Waals surface area contributed by atoms with Crippen LogP contribution in [0.25, 0.3) is 0 Å². The van der Waals surface area contributed by atoms with Crippen molar-refractivity contribution in [3.63, 3.8) is 0 Å². The first-order chi connectivity index (χ1) is 7.50. The summed E-state index contributed by atoms with van der Waals surface area (Å²) in [5.74, 6) is 0. The minimum absolute atomic E-state index is 0.237. The predicted octanol–water partition coefficient (Wildman–Crippen LogP) is 2.71. The third-order valence-electron chi connectivity index (χ3n) is 2.76. The molecule has 0 aromatic carbocycles. The van der Waals surface area contributed by atoms with Crippen molar-refractivity contribution >= 4 is 28.9 Å². The number of hydrogen-bond donors (Lipinski definition) is 2. The van der Waals surface area contributed by atoms with Gasteiger partial charge in [0.1, 0.15) is 0 Å². The van der Waals surface area contributed by atoms with E-state index in [0.29, 0.717) is 22.5 Å². The summed E-state index contributed by atoms with van der Waals surface area (Å²) in [7, 11) is 0. The van der Waals surface area contributed by atoms with E-state index in [-0.39, 0.29) is 5.54 Å². The van der Waals surface area contributed by atoms with Crippen LogP contribution in [0.1, 0.15) is 26.7 Å². The summed E-state index contributed by atoms with van der Waals surface area (Å²) in [5, 5.41) is 11.1. The van der Waals surface area contributed by atoms with Crippen LogP contribution in [0.4, 0.5) is 5.69 Å². The molecule has 90 valence electrons. The second-order valence-electron chi connectivity index (χ2n) is 3.79. The second kappa shape index (κ2) is 5.66. The highest BCUT2D eigenvalue weighted by atomic mass is 35.5. The molecule has 1 aromatic heterocycles. The first-order valence-corrected chi connectivity index (χ1v) is 5.98. The maximum atomic E-state index is 6.16. The molecule has 0 unspecified atom stereocenters. The average molecular weight is 263 g/mol. The van der Waals surface area contributed by atoms with E-state index in [1.54, 1.807) is 6.07 Å². The topological polar surface area (TPSA) is 63.8 Å². The summed E-state index contributed by atoms with van der Waals surface area (Å²) in [6.07, 6.45) is 1.78. The van der Waals surface area contributed by atoms with E-state index in [4.69, 9.17) is 28.9 Å². The van der Waals surface area contributed by atoms with Gasteiger partial charge in [0.15, 0.2) is 10.3 Å². The average Bonchev–Trinajstić information content (AvgIpc) is 2.30. The molecule has 6 heteroatoms. The lowest BCUT2D eigenvalue weighted by Crippen LogP contribution is -2.45. The predicted molar refractivity (Wildman–Crippen MR) is 68.0 cm³/mol. The summed E-state index contributed by atoms with van der Waals surface area (Å²) < 4.78 is 0. The van der Waals surface area contributed by atoms with E-state index >= 15 is 0 Å². The minimum atomic E-state index is -0.237. The number of nitrogens with one attached hydrogen (secondary N) is 1. The van der Waals surface area contributed by atoms with E-state index in [9.17, 15) is 0 Å². The molecule has 0 fully saturated rings. The third-order valence-corrected chi connectivity index (χ3v) is 3.22. The van der Waals surface area contributed by atoms with Crippen molar-refractivity contribution in [2.24, 2.45) is 5.73 Å². The van der Waals surface area contributed by atoms with Gasteiger partial charge in [-0.2, -0.15) is 0 Å². The van der Waals surface area contributed by atoms with Crippen molar-refractivity contribution in [3.8, 4) is 0 Å². The molecule has 1 heterocycles. The number of anilines is 1. The zero-order valence-electron chi connectivity index (χ0n) is 9.43. The quantitative estimate of drug-likeness (QED) is 0.857. The van der Waals surface area contributed by atoms with Gasteiger partial charge in [-0.3, -0.25) is 0 Å². The van der Waals surface area contributed by atoms with E-state index < -0.39 is 0 Å². The molecular formula is C10H16Cl2N4. The molecule has 0 radical (unpaired) electrons. The minimum Gasteiger partial charge on any atom is -0.381 e. The molecule has 0 aliphatic carbocycles. The van der Waals surface area contributed by atoms with Crippen LogP contribution in [0.15, 0.2) is 6.07 Å². The second-order valence-corrected chi connectivity index (χ2v) is 4.54. The van der Waals surface area contributed by atoms with Gasteiger partial charge in [-0.05, 0) is 12.8 Å². The van der Waals surface area contributed by atoms with Crippen LogP contribution in [-0.4, -0.2) is 22.3 Å². The Morgan fingerprint density at radius 2 is 1.94 bits per heavy atom. The zero-order chi connectivity index (χ0) is 12.2. The Labute approximate surface area is 106 Å².